The molecule has 3 rings (SSSR count). The van der Waals surface area contributed by atoms with E-state index < -0.39 is 0 Å². The molecule has 1 heterocycles. The minimum atomic E-state index is -0.363. The molecule has 1 amide bonds. The Bertz CT molecular complexity index is 930. The van der Waals surface area contributed by atoms with Gasteiger partial charge in [-0.15, -0.1) is 0 Å². The maximum atomic E-state index is 12.3. The molecule has 0 saturated carbocycles. The van der Waals surface area contributed by atoms with Gasteiger partial charge in [-0.1, -0.05) is 35.3 Å². The third-order valence-electron chi connectivity index (χ3n) is 3.56. The van der Waals surface area contributed by atoms with Gasteiger partial charge >= 0.3 is 0 Å². The Morgan fingerprint density at radius 1 is 1.04 bits per heavy atom. The van der Waals surface area contributed by atoms with Crippen molar-refractivity contribution >= 4 is 46.2 Å². The summed E-state index contributed by atoms with van der Waals surface area (Å²) in [5, 5.41) is 6.77. The number of hydrogen-bond acceptors (Lipinski definition) is 4. The minimum absolute atomic E-state index is 0.265. The molecule has 0 radical (unpaired) electrons. The highest BCUT2D eigenvalue weighted by molar-refractivity contribution is 6.36. The minimum Gasteiger partial charge on any atom is -0.495 e. The average Bonchev–Trinajstić information content (AvgIpc) is 2.65. The zero-order valence-corrected chi connectivity index (χ0v) is 15.3. The summed E-state index contributed by atoms with van der Waals surface area (Å²) in [4.78, 5) is 16.5. The van der Waals surface area contributed by atoms with Crippen LogP contribution in [0.5, 0.6) is 5.75 Å². The van der Waals surface area contributed by atoms with Crippen molar-refractivity contribution in [3.8, 4) is 5.75 Å². The Morgan fingerprint density at radius 2 is 1.85 bits per heavy atom. The van der Waals surface area contributed by atoms with E-state index in [2.05, 4.69) is 15.6 Å². The SMILES string of the molecule is COc1ccccc1Nc1ccc(C(=O)Nc2ccc(Cl)cc2Cl)nc1. The molecular weight excluding hydrogens is 373 g/mol. The number of aromatic nitrogens is 1. The summed E-state index contributed by atoms with van der Waals surface area (Å²) in [6.45, 7) is 0. The first-order valence-corrected chi connectivity index (χ1v) is 8.45. The van der Waals surface area contributed by atoms with Gasteiger partial charge in [0.1, 0.15) is 11.4 Å². The summed E-state index contributed by atoms with van der Waals surface area (Å²) in [7, 11) is 1.61. The summed E-state index contributed by atoms with van der Waals surface area (Å²) in [6, 6.07) is 15.8. The van der Waals surface area contributed by atoms with Gasteiger partial charge in [0.2, 0.25) is 0 Å². The number of nitrogens with one attached hydrogen (secondary N) is 2. The molecular formula is C19H15Cl2N3O2. The van der Waals surface area contributed by atoms with E-state index in [-0.39, 0.29) is 11.6 Å². The van der Waals surface area contributed by atoms with E-state index in [1.54, 1.807) is 43.6 Å². The van der Waals surface area contributed by atoms with Crippen molar-refractivity contribution in [3.05, 3.63) is 76.5 Å². The first-order valence-electron chi connectivity index (χ1n) is 7.69. The molecule has 132 valence electrons. The molecule has 0 unspecified atom stereocenters. The van der Waals surface area contributed by atoms with Crippen molar-refractivity contribution in [3.63, 3.8) is 0 Å². The zero-order valence-electron chi connectivity index (χ0n) is 13.8. The van der Waals surface area contributed by atoms with Crippen LogP contribution in [-0.2, 0) is 0 Å². The van der Waals surface area contributed by atoms with Crippen molar-refractivity contribution in [2.75, 3.05) is 17.7 Å². The predicted octanol–water partition coefficient (Wildman–Crippen LogP) is 5.39. The number of benzene rings is 2. The smallest absolute Gasteiger partial charge is 0.274 e. The van der Waals surface area contributed by atoms with Gasteiger partial charge in [0.05, 0.1) is 35.4 Å². The highest BCUT2D eigenvalue weighted by Gasteiger charge is 2.11. The Hall–Kier alpha value is -2.76. The maximum absolute atomic E-state index is 12.3. The molecule has 5 nitrogen and oxygen atoms in total. The molecule has 0 fully saturated rings. The lowest BCUT2D eigenvalue weighted by Gasteiger charge is -2.11. The largest absolute Gasteiger partial charge is 0.495 e. The van der Waals surface area contributed by atoms with E-state index in [4.69, 9.17) is 27.9 Å². The summed E-state index contributed by atoms with van der Waals surface area (Å²) in [5.74, 6) is 0.352. The first kappa shape index (κ1) is 18.0. The number of rotatable bonds is 5. The topological polar surface area (TPSA) is 63.2 Å². The number of methoxy groups -OCH3 is 1. The molecule has 0 bridgehead atoms. The van der Waals surface area contributed by atoms with Gasteiger partial charge in [0.25, 0.3) is 5.91 Å². The first-order chi connectivity index (χ1) is 12.6. The predicted molar refractivity (Wildman–Crippen MR) is 105 cm³/mol. The summed E-state index contributed by atoms with van der Waals surface area (Å²) in [5.41, 5.74) is 2.28. The van der Waals surface area contributed by atoms with Gasteiger partial charge in [-0.25, -0.2) is 4.98 Å². The molecule has 7 heteroatoms. The number of hydrogen-bond donors (Lipinski definition) is 2. The fourth-order valence-electron chi connectivity index (χ4n) is 2.28. The van der Waals surface area contributed by atoms with Crippen molar-refractivity contribution in [1.82, 2.24) is 4.98 Å². The summed E-state index contributed by atoms with van der Waals surface area (Å²) >= 11 is 11.9. The van der Waals surface area contributed by atoms with E-state index in [0.717, 1.165) is 11.4 Å². The second kappa shape index (κ2) is 8.08. The number of halogens is 2. The quantitative estimate of drug-likeness (QED) is 0.615. The molecule has 2 N–H and O–H groups in total. The van der Waals surface area contributed by atoms with Crippen LogP contribution in [-0.4, -0.2) is 18.0 Å². The molecule has 0 spiro atoms. The van der Waals surface area contributed by atoms with Crippen LogP contribution >= 0.6 is 23.2 Å². The molecule has 0 saturated heterocycles. The van der Waals surface area contributed by atoms with Gasteiger partial charge < -0.3 is 15.4 Å². The van der Waals surface area contributed by atoms with Gasteiger partial charge in [-0.2, -0.15) is 0 Å². The number of nitrogens with zero attached hydrogens (tertiary/aromatic N) is 1. The second-order valence-electron chi connectivity index (χ2n) is 5.34. The van der Waals surface area contributed by atoms with Crippen LogP contribution < -0.4 is 15.4 Å². The maximum Gasteiger partial charge on any atom is 0.274 e. The fraction of sp³-hybridized carbons (Fsp3) is 0.0526. The Balaban J connectivity index is 1.71. The van der Waals surface area contributed by atoms with Crippen LogP contribution in [0.4, 0.5) is 17.1 Å². The molecule has 0 aliphatic rings. The summed E-state index contributed by atoms with van der Waals surface area (Å²) in [6.07, 6.45) is 1.57. The van der Waals surface area contributed by atoms with Gasteiger partial charge in [-0.05, 0) is 42.5 Å². The summed E-state index contributed by atoms with van der Waals surface area (Å²) < 4.78 is 5.30. The average molecular weight is 388 g/mol. The van der Waals surface area contributed by atoms with E-state index in [1.165, 1.54) is 0 Å². The van der Waals surface area contributed by atoms with Crippen molar-refractivity contribution in [2.45, 2.75) is 0 Å². The van der Waals surface area contributed by atoms with Crippen LogP contribution in [0.3, 0.4) is 0 Å². The Kier molecular flexibility index (Phi) is 5.61. The van der Waals surface area contributed by atoms with Gasteiger partial charge in [0.15, 0.2) is 0 Å². The number of para-hydroxylation sites is 2. The van der Waals surface area contributed by atoms with E-state index >= 15 is 0 Å². The number of ether oxygens (including phenoxy) is 1. The molecule has 1 aromatic heterocycles. The molecule has 3 aromatic rings. The lowest BCUT2D eigenvalue weighted by atomic mass is 10.2. The lowest BCUT2D eigenvalue weighted by molar-refractivity contribution is 0.102. The number of carbonyl (C=O) groups is 1. The third-order valence-corrected chi connectivity index (χ3v) is 4.11. The molecule has 0 aliphatic carbocycles. The van der Waals surface area contributed by atoms with Crippen LogP contribution in [0.2, 0.25) is 10.0 Å². The van der Waals surface area contributed by atoms with Crippen LogP contribution in [0.25, 0.3) is 0 Å². The Morgan fingerprint density at radius 3 is 2.54 bits per heavy atom. The monoisotopic (exact) mass is 387 g/mol. The fourth-order valence-corrected chi connectivity index (χ4v) is 2.74. The number of pyridine rings is 1. The Labute approximate surface area is 160 Å². The highest BCUT2D eigenvalue weighted by Crippen LogP contribution is 2.27. The molecule has 26 heavy (non-hydrogen) atoms. The molecule has 2 aromatic carbocycles. The highest BCUT2D eigenvalue weighted by atomic mass is 35.5. The van der Waals surface area contributed by atoms with Gasteiger partial charge in [-0.3, -0.25) is 4.79 Å². The van der Waals surface area contributed by atoms with E-state index in [9.17, 15) is 4.79 Å². The van der Waals surface area contributed by atoms with Crippen molar-refractivity contribution in [2.24, 2.45) is 0 Å². The molecule has 0 aliphatic heterocycles. The van der Waals surface area contributed by atoms with E-state index in [0.29, 0.717) is 21.5 Å². The lowest BCUT2D eigenvalue weighted by Crippen LogP contribution is -2.13. The van der Waals surface area contributed by atoms with Gasteiger partial charge in [0, 0.05) is 5.02 Å². The number of carbonyl (C=O) groups excluding carboxylic acids is 1. The van der Waals surface area contributed by atoms with Crippen molar-refractivity contribution in [1.29, 1.82) is 0 Å². The number of amides is 1. The number of anilines is 3. The normalized spacial score (nSPS) is 10.3. The second-order valence-corrected chi connectivity index (χ2v) is 6.18. The van der Waals surface area contributed by atoms with Crippen LogP contribution in [0, 0.1) is 0 Å². The molecule has 0 atom stereocenters. The van der Waals surface area contributed by atoms with Crippen LogP contribution in [0.15, 0.2) is 60.8 Å². The van der Waals surface area contributed by atoms with E-state index in [1.807, 2.05) is 24.3 Å². The van der Waals surface area contributed by atoms with Crippen LogP contribution in [0.1, 0.15) is 10.5 Å². The standard InChI is InChI=1S/C19H15Cl2N3O2/c1-26-18-5-3-2-4-16(18)23-13-7-9-17(22-11-13)19(25)24-15-8-6-12(20)10-14(15)21/h2-11,23H,1H3,(H,24,25). The van der Waals surface area contributed by atoms with Crippen molar-refractivity contribution < 1.29 is 9.53 Å². The zero-order chi connectivity index (χ0) is 18.5. The third kappa shape index (κ3) is 4.25.